The van der Waals surface area contributed by atoms with Crippen LogP contribution in [0.2, 0.25) is 0 Å². The van der Waals surface area contributed by atoms with E-state index in [0.717, 1.165) is 24.6 Å². The topological polar surface area (TPSA) is 74.7 Å². The smallest absolute Gasteiger partial charge is 0.173 e. The monoisotopic (exact) mass is 278 g/mol. The molecular formula is C15H26N4O. The minimum Gasteiger partial charge on any atom is -0.409 e. The maximum Gasteiger partial charge on any atom is 0.173 e. The third-order valence-corrected chi connectivity index (χ3v) is 2.87. The first-order chi connectivity index (χ1) is 9.35. The van der Waals surface area contributed by atoms with Crippen molar-refractivity contribution < 1.29 is 5.21 Å². The van der Waals surface area contributed by atoms with Gasteiger partial charge in [-0.1, -0.05) is 32.9 Å². The summed E-state index contributed by atoms with van der Waals surface area (Å²) < 4.78 is 0. The zero-order valence-electron chi connectivity index (χ0n) is 13.1. The predicted octanol–water partition coefficient (Wildman–Crippen LogP) is 2.60. The van der Waals surface area contributed by atoms with E-state index >= 15 is 0 Å². The molecule has 0 fully saturated rings. The lowest BCUT2D eigenvalue weighted by atomic mass is 10.1. The third kappa shape index (κ3) is 4.40. The van der Waals surface area contributed by atoms with E-state index in [9.17, 15) is 0 Å². The average molecular weight is 278 g/mol. The van der Waals surface area contributed by atoms with E-state index < -0.39 is 0 Å². The Morgan fingerprint density at radius 2 is 1.80 bits per heavy atom. The van der Waals surface area contributed by atoms with Crippen LogP contribution in [0.25, 0.3) is 0 Å². The molecular weight excluding hydrogens is 252 g/mol. The Morgan fingerprint density at radius 1 is 1.25 bits per heavy atom. The standard InChI is InChI=1S/C15H26N4O/c1-10(2)8-19(9-11(3)4)15-13(14(16)18-20)7-6-12(5)17-15/h6-7,10-11,20H,8-9H2,1-5H3,(H2,16,18). The van der Waals surface area contributed by atoms with E-state index in [4.69, 9.17) is 10.9 Å². The van der Waals surface area contributed by atoms with E-state index in [1.807, 2.05) is 19.1 Å². The van der Waals surface area contributed by atoms with E-state index in [-0.39, 0.29) is 5.84 Å². The molecule has 0 bridgehead atoms. The molecule has 0 aliphatic heterocycles. The Labute approximate surface area is 121 Å². The summed E-state index contributed by atoms with van der Waals surface area (Å²) in [6, 6.07) is 3.74. The molecule has 1 aromatic rings. The number of nitrogens with two attached hydrogens (primary N) is 1. The highest BCUT2D eigenvalue weighted by Crippen LogP contribution is 2.21. The van der Waals surface area contributed by atoms with Crippen LogP contribution in [0.1, 0.15) is 39.0 Å². The minimum absolute atomic E-state index is 0.102. The fraction of sp³-hybridized carbons (Fsp3) is 0.600. The minimum atomic E-state index is 0.102. The summed E-state index contributed by atoms with van der Waals surface area (Å²) in [6.45, 7) is 12.4. The van der Waals surface area contributed by atoms with E-state index in [1.165, 1.54) is 0 Å². The van der Waals surface area contributed by atoms with Crippen molar-refractivity contribution in [3.8, 4) is 0 Å². The number of hydrogen-bond acceptors (Lipinski definition) is 4. The molecule has 0 aromatic carbocycles. The van der Waals surface area contributed by atoms with Crippen molar-refractivity contribution in [1.29, 1.82) is 0 Å². The summed E-state index contributed by atoms with van der Waals surface area (Å²) >= 11 is 0. The van der Waals surface area contributed by atoms with Crippen LogP contribution in [-0.4, -0.2) is 29.1 Å². The van der Waals surface area contributed by atoms with Gasteiger partial charge in [-0.15, -0.1) is 0 Å². The second-order valence-corrected chi connectivity index (χ2v) is 6.00. The summed E-state index contributed by atoms with van der Waals surface area (Å²) in [6.07, 6.45) is 0. The van der Waals surface area contributed by atoms with Crippen LogP contribution >= 0.6 is 0 Å². The molecule has 0 spiro atoms. The van der Waals surface area contributed by atoms with Crippen molar-refractivity contribution in [1.82, 2.24) is 4.98 Å². The van der Waals surface area contributed by atoms with E-state index in [2.05, 4.69) is 42.7 Å². The zero-order chi connectivity index (χ0) is 15.3. The lowest BCUT2D eigenvalue weighted by molar-refractivity contribution is 0.318. The van der Waals surface area contributed by atoms with Gasteiger partial charge >= 0.3 is 0 Å². The number of anilines is 1. The Hall–Kier alpha value is -1.78. The lowest BCUT2D eigenvalue weighted by Crippen LogP contribution is -2.34. The molecule has 0 amide bonds. The Balaban J connectivity index is 3.25. The summed E-state index contributed by atoms with van der Waals surface area (Å²) in [7, 11) is 0. The van der Waals surface area contributed by atoms with Crippen molar-refractivity contribution in [2.75, 3.05) is 18.0 Å². The molecule has 0 saturated heterocycles. The molecule has 0 aliphatic carbocycles. The van der Waals surface area contributed by atoms with Crippen molar-refractivity contribution in [2.24, 2.45) is 22.7 Å². The van der Waals surface area contributed by atoms with Crippen LogP contribution in [-0.2, 0) is 0 Å². The molecule has 1 rings (SSSR count). The molecule has 0 unspecified atom stereocenters. The largest absolute Gasteiger partial charge is 0.409 e. The molecule has 0 atom stereocenters. The highest BCUT2D eigenvalue weighted by Gasteiger charge is 2.18. The summed E-state index contributed by atoms with van der Waals surface area (Å²) in [5.41, 5.74) is 7.38. The number of aryl methyl sites for hydroxylation is 1. The van der Waals surface area contributed by atoms with Gasteiger partial charge in [0.05, 0.1) is 5.56 Å². The van der Waals surface area contributed by atoms with Crippen LogP contribution in [0, 0.1) is 18.8 Å². The highest BCUT2D eigenvalue weighted by molar-refractivity contribution is 6.01. The fourth-order valence-electron chi connectivity index (χ4n) is 2.17. The van der Waals surface area contributed by atoms with Gasteiger partial charge in [-0.3, -0.25) is 0 Å². The first kappa shape index (κ1) is 16.3. The number of pyridine rings is 1. The molecule has 1 aromatic heterocycles. The highest BCUT2D eigenvalue weighted by atomic mass is 16.4. The number of oxime groups is 1. The number of aromatic nitrogens is 1. The lowest BCUT2D eigenvalue weighted by Gasteiger charge is -2.29. The Morgan fingerprint density at radius 3 is 2.25 bits per heavy atom. The zero-order valence-corrected chi connectivity index (χ0v) is 13.1. The van der Waals surface area contributed by atoms with Crippen molar-refractivity contribution in [3.63, 3.8) is 0 Å². The quantitative estimate of drug-likeness (QED) is 0.363. The third-order valence-electron chi connectivity index (χ3n) is 2.87. The van der Waals surface area contributed by atoms with Gasteiger partial charge in [0, 0.05) is 18.8 Å². The first-order valence-corrected chi connectivity index (χ1v) is 7.05. The molecule has 1 heterocycles. The molecule has 0 aliphatic rings. The molecule has 112 valence electrons. The van der Waals surface area contributed by atoms with Crippen molar-refractivity contribution in [3.05, 3.63) is 23.4 Å². The van der Waals surface area contributed by atoms with Crippen LogP contribution in [0.5, 0.6) is 0 Å². The van der Waals surface area contributed by atoms with Crippen molar-refractivity contribution in [2.45, 2.75) is 34.6 Å². The fourth-order valence-corrected chi connectivity index (χ4v) is 2.17. The second-order valence-electron chi connectivity index (χ2n) is 6.00. The van der Waals surface area contributed by atoms with E-state index in [0.29, 0.717) is 17.4 Å². The van der Waals surface area contributed by atoms with Gasteiger partial charge in [-0.05, 0) is 30.9 Å². The maximum atomic E-state index is 8.94. The number of hydrogen-bond donors (Lipinski definition) is 2. The van der Waals surface area contributed by atoms with Crippen LogP contribution in [0.4, 0.5) is 5.82 Å². The number of rotatable bonds is 6. The normalized spacial score (nSPS) is 12.2. The van der Waals surface area contributed by atoms with Gasteiger partial charge in [0.2, 0.25) is 0 Å². The summed E-state index contributed by atoms with van der Waals surface area (Å²) in [4.78, 5) is 6.82. The Kier molecular flexibility index (Phi) is 5.80. The molecule has 5 nitrogen and oxygen atoms in total. The van der Waals surface area contributed by atoms with Gasteiger partial charge in [-0.2, -0.15) is 0 Å². The Bertz CT molecular complexity index is 459. The van der Waals surface area contributed by atoms with Gasteiger partial charge in [0.1, 0.15) is 5.82 Å². The van der Waals surface area contributed by atoms with Gasteiger partial charge in [-0.25, -0.2) is 4.98 Å². The predicted molar refractivity (Wildman–Crippen MR) is 83.4 cm³/mol. The van der Waals surface area contributed by atoms with Crippen LogP contribution in [0.15, 0.2) is 17.3 Å². The molecule has 3 N–H and O–H groups in total. The molecule has 0 radical (unpaired) electrons. The van der Waals surface area contributed by atoms with Crippen molar-refractivity contribution >= 4 is 11.7 Å². The molecule has 5 heteroatoms. The molecule has 0 saturated carbocycles. The number of amidine groups is 1. The first-order valence-electron chi connectivity index (χ1n) is 7.05. The average Bonchev–Trinajstić information content (AvgIpc) is 2.36. The maximum absolute atomic E-state index is 8.94. The van der Waals surface area contributed by atoms with Crippen LogP contribution < -0.4 is 10.6 Å². The molecule has 20 heavy (non-hydrogen) atoms. The number of nitrogens with zero attached hydrogens (tertiary/aromatic N) is 3. The second kappa shape index (κ2) is 7.12. The SMILES string of the molecule is Cc1ccc(C(N)=NO)c(N(CC(C)C)CC(C)C)n1. The summed E-state index contributed by atoms with van der Waals surface area (Å²) in [5.74, 6) is 1.92. The summed E-state index contributed by atoms with van der Waals surface area (Å²) in [5, 5.41) is 12.1. The van der Waals surface area contributed by atoms with Gasteiger partial charge < -0.3 is 15.8 Å². The van der Waals surface area contributed by atoms with Gasteiger partial charge in [0.25, 0.3) is 0 Å². The van der Waals surface area contributed by atoms with E-state index in [1.54, 1.807) is 0 Å². The van der Waals surface area contributed by atoms with Crippen LogP contribution in [0.3, 0.4) is 0 Å². The van der Waals surface area contributed by atoms with Gasteiger partial charge in [0.15, 0.2) is 5.84 Å².